The highest BCUT2D eigenvalue weighted by atomic mass is 19.3. The van der Waals surface area contributed by atoms with Crippen molar-refractivity contribution in [1.82, 2.24) is 5.32 Å². The van der Waals surface area contributed by atoms with E-state index in [1.165, 1.54) is 42.5 Å². The van der Waals surface area contributed by atoms with Crippen molar-refractivity contribution in [3.63, 3.8) is 0 Å². The fourth-order valence-corrected chi connectivity index (χ4v) is 2.08. The summed E-state index contributed by atoms with van der Waals surface area (Å²) < 4.78 is 41.8. The summed E-state index contributed by atoms with van der Waals surface area (Å²) in [6.07, 6.45) is -1.16. The van der Waals surface area contributed by atoms with Crippen LogP contribution in [0.4, 0.5) is 13.2 Å². The van der Waals surface area contributed by atoms with Crippen molar-refractivity contribution >= 4 is 5.91 Å². The Kier molecular flexibility index (Phi) is 6.20. The third-order valence-electron chi connectivity index (χ3n) is 3.29. The van der Waals surface area contributed by atoms with Gasteiger partial charge in [0.1, 0.15) is 11.6 Å². The van der Waals surface area contributed by atoms with Gasteiger partial charge in [-0.1, -0.05) is 30.3 Å². The summed E-state index contributed by atoms with van der Waals surface area (Å²) in [5, 5.41) is 12.5. The number of halogens is 3. The van der Waals surface area contributed by atoms with Gasteiger partial charge in [-0.15, -0.1) is 0 Å². The van der Waals surface area contributed by atoms with Crippen LogP contribution in [0.25, 0.3) is 0 Å². The molecule has 7 heteroatoms. The number of rotatable bonds is 7. The van der Waals surface area contributed by atoms with Gasteiger partial charge in [0.05, 0.1) is 12.5 Å². The molecule has 4 nitrogen and oxygen atoms in total. The smallest absolute Gasteiger partial charge is 0.387 e. The molecule has 2 N–H and O–H groups in total. The van der Waals surface area contributed by atoms with Gasteiger partial charge in [-0.05, 0) is 29.3 Å². The summed E-state index contributed by atoms with van der Waals surface area (Å²) >= 11 is 0. The van der Waals surface area contributed by atoms with Crippen LogP contribution in [0.5, 0.6) is 5.75 Å². The van der Waals surface area contributed by atoms with Crippen molar-refractivity contribution in [2.24, 2.45) is 0 Å². The van der Waals surface area contributed by atoms with Gasteiger partial charge in [-0.25, -0.2) is 4.39 Å². The Hall–Kier alpha value is -2.54. The quantitative estimate of drug-likeness (QED) is 0.816. The van der Waals surface area contributed by atoms with Crippen LogP contribution in [0, 0.1) is 5.82 Å². The molecule has 0 heterocycles. The van der Waals surface area contributed by atoms with Gasteiger partial charge in [-0.3, -0.25) is 4.79 Å². The summed E-state index contributed by atoms with van der Waals surface area (Å²) in [4.78, 5) is 11.8. The minimum atomic E-state index is -2.92. The number of benzene rings is 2. The van der Waals surface area contributed by atoms with E-state index >= 15 is 0 Å². The zero-order valence-electron chi connectivity index (χ0n) is 12.6. The maximum atomic E-state index is 13.4. The SMILES string of the molecule is O=C(Cc1ccccc1F)NCC(O)c1ccc(OC(F)F)cc1. The van der Waals surface area contributed by atoms with E-state index in [9.17, 15) is 23.1 Å². The molecule has 1 atom stereocenters. The lowest BCUT2D eigenvalue weighted by Gasteiger charge is -2.13. The number of aliphatic hydroxyl groups is 1. The van der Waals surface area contributed by atoms with Gasteiger partial charge in [-0.2, -0.15) is 8.78 Å². The Morgan fingerprint density at radius 2 is 1.79 bits per heavy atom. The van der Waals surface area contributed by atoms with Gasteiger partial charge in [0, 0.05) is 6.54 Å². The zero-order chi connectivity index (χ0) is 17.5. The summed E-state index contributed by atoms with van der Waals surface area (Å²) in [5.41, 5.74) is 0.695. The molecule has 0 saturated carbocycles. The van der Waals surface area contributed by atoms with Crippen LogP contribution in [-0.4, -0.2) is 24.2 Å². The molecule has 24 heavy (non-hydrogen) atoms. The van der Waals surface area contributed by atoms with Gasteiger partial charge in [0.25, 0.3) is 0 Å². The van der Waals surface area contributed by atoms with Crippen molar-refractivity contribution in [2.75, 3.05) is 6.54 Å². The molecule has 2 aromatic carbocycles. The first-order valence-corrected chi connectivity index (χ1v) is 7.18. The van der Waals surface area contributed by atoms with Crippen molar-refractivity contribution in [1.29, 1.82) is 0 Å². The summed E-state index contributed by atoms with van der Waals surface area (Å²) in [6.45, 7) is -3.00. The summed E-state index contributed by atoms with van der Waals surface area (Å²) in [5.74, 6) is -0.927. The van der Waals surface area contributed by atoms with Gasteiger partial charge >= 0.3 is 6.61 Å². The molecule has 0 bridgehead atoms. The lowest BCUT2D eigenvalue weighted by atomic mass is 10.1. The Balaban J connectivity index is 1.85. The predicted octanol–water partition coefficient (Wildman–Crippen LogP) is 2.82. The van der Waals surface area contributed by atoms with Crippen LogP contribution in [0.2, 0.25) is 0 Å². The molecule has 1 unspecified atom stereocenters. The third-order valence-corrected chi connectivity index (χ3v) is 3.29. The molecule has 0 radical (unpaired) electrons. The van der Waals surface area contributed by atoms with Crippen molar-refractivity contribution in [3.8, 4) is 5.75 Å². The predicted molar refractivity (Wildman–Crippen MR) is 81.1 cm³/mol. The first-order chi connectivity index (χ1) is 11.5. The van der Waals surface area contributed by atoms with Gasteiger partial charge in [0.15, 0.2) is 0 Å². The molecule has 2 aromatic rings. The molecule has 128 valence electrons. The lowest BCUT2D eigenvalue weighted by molar-refractivity contribution is -0.121. The molecule has 0 spiro atoms. The molecule has 0 aliphatic heterocycles. The lowest BCUT2D eigenvalue weighted by Crippen LogP contribution is -2.29. The maximum Gasteiger partial charge on any atom is 0.387 e. The van der Waals surface area contributed by atoms with Crippen LogP contribution in [0.3, 0.4) is 0 Å². The molecule has 0 aromatic heterocycles. The van der Waals surface area contributed by atoms with E-state index in [4.69, 9.17) is 0 Å². The number of carbonyl (C=O) groups excluding carboxylic acids is 1. The Bertz CT molecular complexity index is 677. The second-order valence-electron chi connectivity index (χ2n) is 5.04. The van der Waals surface area contributed by atoms with E-state index < -0.39 is 24.4 Å². The normalized spacial score (nSPS) is 12.0. The fraction of sp³-hybridized carbons (Fsp3) is 0.235. The molecule has 0 fully saturated rings. The Labute approximate surface area is 136 Å². The average molecular weight is 339 g/mol. The number of nitrogens with one attached hydrogen (secondary N) is 1. The second-order valence-corrected chi connectivity index (χ2v) is 5.04. The minimum Gasteiger partial charge on any atom is -0.435 e. The minimum absolute atomic E-state index is 0.0236. The third kappa shape index (κ3) is 5.27. The van der Waals surface area contributed by atoms with Crippen LogP contribution >= 0.6 is 0 Å². The number of ether oxygens (including phenoxy) is 1. The fourth-order valence-electron chi connectivity index (χ4n) is 2.08. The van der Waals surface area contributed by atoms with Crippen LogP contribution in [-0.2, 0) is 11.2 Å². The molecular weight excluding hydrogens is 323 g/mol. The number of carbonyl (C=O) groups is 1. The molecule has 0 aliphatic carbocycles. The highest BCUT2D eigenvalue weighted by Gasteiger charge is 2.12. The zero-order valence-corrected chi connectivity index (χ0v) is 12.6. The highest BCUT2D eigenvalue weighted by Crippen LogP contribution is 2.19. The second kappa shape index (κ2) is 8.35. The molecule has 1 amide bonds. The summed E-state index contributed by atoms with van der Waals surface area (Å²) in [7, 11) is 0. The molecule has 2 rings (SSSR count). The molecular formula is C17H16F3NO3. The number of hydrogen-bond acceptors (Lipinski definition) is 3. The number of alkyl halides is 2. The van der Waals surface area contributed by atoms with E-state index in [1.807, 2.05) is 0 Å². The first kappa shape index (κ1) is 17.8. The average Bonchev–Trinajstić information content (AvgIpc) is 2.55. The Morgan fingerprint density at radius 3 is 2.42 bits per heavy atom. The maximum absolute atomic E-state index is 13.4. The van der Waals surface area contributed by atoms with Crippen LogP contribution in [0.15, 0.2) is 48.5 Å². The molecule has 0 aliphatic rings. The van der Waals surface area contributed by atoms with E-state index in [1.54, 1.807) is 6.07 Å². The van der Waals surface area contributed by atoms with Crippen molar-refractivity contribution in [3.05, 3.63) is 65.5 Å². The number of amides is 1. The number of aliphatic hydroxyl groups excluding tert-OH is 1. The van der Waals surface area contributed by atoms with E-state index in [0.717, 1.165) is 0 Å². The van der Waals surface area contributed by atoms with Crippen molar-refractivity contribution in [2.45, 2.75) is 19.1 Å². The van der Waals surface area contributed by atoms with Gasteiger partial charge < -0.3 is 15.2 Å². The van der Waals surface area contributed by atoms with E-state index in [2.05, 4.69) is 10.1 Å². The van der Waals surface area contributed by atoms with E-state index in [0.29, 0.717) is 5.56 Å². The monoisotopic (exact) mass is 339 g/mol. The topological polar surface area (TPSA) is 58.6 Å². The largest absolute Gasteiger partial charge is 0.435 e. The van der Waals surface area contributed by atoms with Crippen molar-refractivity contribution < 1.29 is 27.8 Å². The summed E-state index contributed by atoms with van der Waals surface area (Å²) in [6, 6.07) is 11.4. The number of hydrogen-bond donors (Lipinski definition) is 2. The van der Waals surface area contributed by atoms with Gasteiger partial charge in [0.2, 0.25) is 5.91 Å². The first-order valence-electron chi connectivity index (χ1n) is 7.18. The van der Waals surface area contributed by atoms with Crippen LogP contribution in [0.1, 0.15) is 17.2 Å². The van der Waals surface area contributed by atoms with Crippen LogP contribution < -0.4 is 10.1 Å². The molecule has 0 saturated heterocycles. The highest BCUT2D eigenvalue weighted by molar-refractivity contribution is 5.78. The Morgan fingerprint density at radius 1 is 1.12 bits per heavy atom. The van der Waals surface area contributed by atoms with E-state index in [-0.39, 0.29) is 24.3 Å². The standard InChI is InChI=1S/C17H16F3NO3/c18-14-4-2-1-3-12(14)9-16(23)21-10-15(22)11-5-7-13(8-6-11)24-17(19)20/h1-8,15,17,22H,9-10H2,(H,21,23).